The van der Waals surface area contributed by atoms with E-state index in [1.54, 1.807) is 6.07 Å². The van der Waals surface area contributed by atoms with Crippen molar-refractivity contribution in [3.63, 3.8) is 0 Å². The van der Waals surface area contributed by atoms with E-state index in [2.05, 4.69) is 80.0 Å². The molecule has 0 heterocycles. The summed E-state index contributed by atoms with van der Waals surface area (Å²) in [6.45, 7) is 8.69. The molecular weight excluding hydrogens is 550 g/mol. The number of carbonyl (C=O) groups excluding carboxylic acids is 1. The Morgan fingerprint density at radius 3 is 1.90 bits per heavy atom. The molecule has 0 atom stereocenters. The summed E-state index contributed by atoms with van der Waals surface area (Å²) < 4.78 is 0.991. The summed E-state index contributed by atoms with van der Waals surface area (Å²) in [4.78, 5) is 25.5. The van der Waals surface area contributed by atoms with Gasteiger partial charge in [0.25, 0.3) is 0 Å². The maximum Gasteiger partial charge on any atom is 0.336 e. The predicted molar refractivity (Wildman–Crippen MR) is 164 cm³/mol. The molecule has 4 nitrogen and oxygen atoms in total. The average Bonchev–Trinajstić information content (AvgIpc) is 2.91. The molecule has 0 aromatic heterocycles. The Bertz CT molecular complexity index is 1960. The van der Waals surface area contributed by atoms with E-state index in [1.807, 2.05) is 24.3 Å². The first-order valence-electron chi connectivity index (χ1n) is 13.1. The second kappa shape index (κ2) is 9.06. The van der Waals surface area contributed by atoms with Gasteiger partial charge in [-0.25, -0.2) is 4.79 Å². The highest BCUT2D eigenvalue weighted by molar-refractivity contribution is 9.10. The number of amides is 1. The summed E-state index contributed by atoms with van der Waals surface area (Å²) in [6.07, 6.45) is 0. The van der Waals surface area contributed by atoms with Crippen LogP contribution >= 0.6 is 15.9 Å². The lowest BCUT2D eigenvalue weighted by Crippen LogP contribution is -2.14. The molecule has 0 fully saturated rings. The van der Waals surface area contributed by atoms with Crippen LogP contribution in [0.2, 0.25) is 0 Å². The normalized spacial score (nSPS) is 12.1. The van der Waals surface area contributed by atoms with Crippen LogP contribution in [0.4, 0.5) is 0 Å². The third-order valence-corrected chi connectivity index (χ3v) is 8.66. The van der Waals surface area contributed by atoms with Crippen molar-refractivity contribution in [2.24, 2.45) is 5.73 Å². The fraction of sp³-hybridized carbons (Fsp3) is 0.176. The van der Waals surface area contributed by atoms with E-state index >= 15 is 0 Å². The number of carboxylic acids is 1. The maximum absolute atomic E-state index is 13.0. The molecule has 6 aromatic rings. The lowest BCUT2D eigenvalue weighted by Gasteiger charge is -2.25. The van der Waals surface area contributed by atoms with E-state index < -0.39 is 11.9 Å². The maximum atomic E-state index is 13.0. The van der Waals surface area contributed by atoms with Crippen LogP contribution in [0.15, 0.2) is 71.2 Å². The summed E-state index contributed by atoms with van der Waals surface area (Å²) in [5.41, 5.74) is 10.7. The zero-order valence-corrected chi connectivity index (χ0v) is 23.8. The van der Waals surface area contributed by atoms with Gasteiger partial charge >= 0.3 is 5.97 Å². The minimum atomic E-state index is -1.09. The Morgan fingerprint density at radius 2 is 1.28 bits per heavy atom. The molecule has 0 unspecified atom stereocenters. The third kappa shape index (κ3) is 3.64. The molecule has 0 saturated heterocycles. The number of halogens is 1. The lowest BCUT2D eigenvalue weighted by molar-refractivity contribution is 0.0699. The minimum absolute atomic E-state index is 0.0734. The quantitative estimate of drug-likeness (QED) is 0.158. The zero-order valence-electron chi connectivity index (χ0n) is 22.2. The molecule has 0 aliphatic heterocycles. The molecule has 1 amide bonds. The van der Waals surface area contributed by atoms with Gasteiger partial charge in [-0.1, -0.05) is 92.2 Å². The molecule has 3 N–H and O–H groups in total. The van der Waals surface area contributed by atoms with Gasteiger partial charge in [-0.05, 0) is 90.0 Å². The molecule has 0 saturated carbocycles. The third-order valence-electron chi connectivity index (χ3n) is 7.97. The van der Waals surface area contributed by atoms with Gasteiger partial charge in [0.15, 0.2) is 0 Å². The molecule has 0 aliphatic carbocycles. The Kier molecular flexibility index (Phi) is 5.88. The van der Waals surface area contributed by atoms with Crippen molar-refractivity contribution >= 4 is 70.9 Å². The summed E-state index contributed by atoms with van der Waals surface area (Å²) in [5, 5.41) is 17.4. The highest BCUT2D eigenvalue weighted by atomic mass is 79.9. The number of aromatic carboxylic acids is 1. The molecular formula is C34H28BrNO3. The van der Waals surface area contributed by atoms with Crippen molar-refractivity contribution in [3.05, 3.63) is 93.5 Å². The Morgan fingerprint density at radius 1 is 0.692 bits per heavy atom. The van der Waals surface area contributed by atoms with Crippen LogP contribution in [0, 0.1) is 0 Å². The molecule has 0 aliphatic rings. The number of nitrogens with two attached hydrogens (primary N) is 1. The Hall–Kier alpha value is -3.96. The fourth-order valence-corrected chi connectivity index (χ4v) is 6.77. The van der Waals surface area contributed by atoms with Crippen molar-refractivity contribution in [2.45, 2.75) is 39.5 Å². The summed E-state index contributed by atoms with van der Waals surface area (Å²) >= 11 is 3.74. The molecule has 39 heavy (non-hydrogen) atoms. The van der Waals surface area contributed by atoms with Crippen LogP contribution in [-0.2, 0) is 0 Å². The fourth-order valence-electron chi connectivity index (χ4n) is 6.31. The van der Waals surface area contributed by atoms with Gasteiger partial charge in [0.2, 0.25) is 5.91 Å². The first-order valence-corrected chi connectivity index (χ1v) is 13.9. The standard InChI is InChI=1S/C34H28BrNO3/c1-16(2)18-7-5-8-19(17(3)4)28(18)25-15-26(33(36)37)31-24(34(38)39)12-11-21-20-13-14-27(35)22-9-6-10-23(29(20)22)30(25)32(21)31/h5-17H,1-4H3,(H2,36,37)(H,38,39). The number of primary amides is 1. The van der Waals surface area contributed by atoms with Crippen LogP contribution in [-0.4, -0.2) is 17.0 Å². The molecule has 6 aromatic carbocycles. The van der Waals surface area contributed by atoms with E-state index in [9.17, 15) is 14.7 Å². The van der Waals surface area contributed by atoms with Crippen LogP contribution in [0.1, 0.15) is 71.4 Å². The Labute approximate surface area is 234 Å². The highest BCUT2D eigenvalue weighted by Gasteiger charge is 2.27. The SMILES string of the molecule is CC(C)c1cccc(C(C)C)c1-c1cc(C(N)=O)c2c(C(=O)O)ccc3c4ccc(Br)c5cccc(c1c23)c54. The highest BCUT2D eigenvalue weighted by Crippen LogP contribution is 2.49. The minimum Gasteiger partial charge on any atom is -0.478 e. The summed E-state index contributed by atoms with van der Waals surface area (Å²) in [5.74, 6) is -1.28. The van der Waals surface area contributed by atoms with E-state index in [0.29, 0.717) is 5.39 Å². The molecule has 0 radical (unpaired) electrons. The van der Waals surface area contributed by atoms with E-state index in [4.69, 9.17) is 5.73 Å². The van der Waals surface area contributed by atoms with Crippen molar-refractivity contribution in [1.82, 2.24) is 0 Å². The van der Waals surface area contributed by atoms with Crippen LogP contribution in [0.25, 0.3) is 54.2 Å². The van der Waals surface area contributed by atoms with Gasteiger partial charge in [0.1, 0.15) is 0 Å². The molecule has 0 spiro atoms. The van der Waals surface area contributed by atoms with Crippen molar-refractivity contribution < 1.29 is 14.7 Å². The number of benzene rings is 6. The first kappa shape index (κ1) is 25.3. The number of hydrogen-bond donors (Lipinski definition) is 2. The van der Waals surface area contributed by atoms with Crippen LogP contribution < -0.4 is 5.73 Å². The van der Waals surface area contributed by atoms with E-state index in [-0.39, 0.29) is 23.0 Å². The number of rotatable bonds is 5. The topological polar surface area (TPSA) is 80.4 Å². The van der Waals surface area contributed by atoms with E-state index in [1.165, 1.54) is 11.1 Å². The van der Waals surface area contributed by atoms with Crippen molar-refractivity contribution in [2.75, 3.05) is 0 Å². The second-order valence-electron chi connectivity index (χ2n) is 10.9. The van der Waals surface area contributed by atoms with Gasteiger partial charge in [-0.3, -0.25) is 4.79 Å². The van der Waals surface area contributed by atoms with Gasteiger partial charge in [0, 0.05) is 15.4 Å². The largest absolute Gasteiger partial charge is 0.478 e. The second-order valence-corrected chi connectivity index (χ2v) is 11.7. The van der Waals surface area contributed by atoms with Crippen LogP contribution in [0.5, 0.6) is 0 Å². The van der Waals surface area contributed by atoms with Gasteiger partial charge in [-0.2, -0.15) is 0 Å². The summed E-state index contributed by atoms with van der Waals surface area (Å²) in [6, 6.07) is 22.0. The average molecular weight is 579 g/mol. The first-order chi connectivity index (χ1) is 18.6. The number of carboxylic acid groups (broad SMARTS) is 1. The molecule has 194 valence electrons. The van der Waals surface area contributed by atoms with Gasteiger partial charge < -0.3 is 10.8 Å². The Balaban J connectivity index is 2.02. The molecule has 6 rings (SSSR count). The van der Waals surface area contributed by atoms with Crippen LogP contribution in [0.3, 0.4) is 0 Å². The van der Waals surface area contributed by atoms with Gasteiger partial charge in [0.05, 0.1) is 5.56 Å². The lowest BCUT2D eigenvalue weighted by atomic mass is 9.78. The predicted octanol–water partition coefficient (Wildman–Crippen LogP) is 9.21. The summed E-state index contributed by atoms with van der Waals surface area (Å²) in [7, 11) is 0. The zero-order chi connectivity index (χ0) is 27.7. The van der Waals surface area contributed by atoms with Gasteiger partial charge in [-0.15, -0.1) is 0 Å². The molecule has 0 bridgehead atoms. The smallest absolute Gasteiger partial charge is 0.336 e. The van der Waals surface area contributed by atoms with E-state index in [0.717, 1.165) is 53.3 Å². The number of hydrogen-bond acceptors (Lipinski definition) is 2. The molecule has 5 heteroatoms. The monoisotopic (exact) mass is 577 g/mol. The number of fused-ring (bicyclic) bond motifs is 2. The van der Waals surface area contributed by atoms with Crippen molar-refractivity contribution in [1.29, 1.82) is 0 Å². The van der Waals surface area contributed by atoms with Crippen molar-refractivity contribution in [3.8, 4) is 11.1 Å². The number of carbonyl (C=O) groups is 2.